The Balaban J connectivity index is 0.000000461. The Bertz CT molecular complexity index is 238. The van der Waals surface area contributed by atoms with Crippen molar-refractivity contribution in [3.63, 3.8) is 0 Å². The summed E-state index contributed by atoms with van der Waals surface area (Å²) in [5, 5.41) is 17.1. The Morgan fingerprint density at radius 1 is 1.50 bits per heavy atom. The van der Waals surface area contributed by atoms with E-state index in [-0.39, 0.29) is 12.1 Å². The van der Waals surface area contributed by atoms with E-state index < -0.39 is 0 Å². The number of aliphatic hydroxyl groups excluding tert-OH is 1. The normalized spacial score (nSPS) is 26.5. The van der Waals surface area contributed by atoms with Crippen molar-refractivity contribution in [3.8, 4) is 0 Å². The molecule has 1 aromatic heterocycles. The van der Waals surface area contributed by atoms with Gasteiger partial charge in [-0.05, 0) is 6.42 Å². The molecule has 0 saturated carbocycles. The van der Waals surface area contributed by atoms with E-state index >= 15 is 0 Å². The quantitative estimate of drug-likeness (QED) is 0.720. The van der Waals surface area contributed by atoms with Gasteiger partial charge in [-0.2, -0.15) is 0 Å². The molecule has 5 nitrogen and oxygen atoms in total. The summed E-state index contributed by atoms with van der Waals surface area (Å²) in [4.78, 5) is 0. The van der Waals surface area contributed by atoms with Crippen LogP contribution in [0.1, 0.15) is 26.3 Å². The Morgan fingerprint density at radius 3 is 2.86 bits per heavy atom. The summed E-state index contributed by atoms with van der Waals surface area (Å²) in [5.74, 6) is 0. The van der Waals surface area contributed by atoms with Gasteiger partial charge in [-0.1, -0.05) is 19.1 Å². The molecule has 0 bridgehead atoms. The first-order chi connectivity index (χ1) is 6.88. The topological polar surface area (TPSA) is 60.2 Å². The standard InChI is InChI=1S/C7H11N3O2.C2H6/c11-7-1-4-12-5-6(7)10-3-2-8-9-10;1-2/h2-3,6-7,11H,1,4-5H2;1-2H3. The molecule has 14 heavy (non-hydrogen) atoms. The van der Waals surface area contributed by atoms with E-state index in [4.69, 9.17) is 4.74 Å². The van der Waals surface area contributed by atoms with Crippen molar-refractivity contribution < 1.29 is 9.84 Å². The highest BCUT2D eigenvalue weighted by Crippen LogP contribution is 2.18. The zero-order valence-corrected chi connectivity index (χ0v) is 8.63. The van der Waals surface area contributed by atoms with Gasteiger partial charge in [0.25, 0.3) is 0 Å². The number of ether oxygens (including phenoxy) is 1. The molecule has 1 fully saturated rings. The van der Waals surface area contributed by atoms with Crippen molar-refractivity contribution in [2.45, 2.75) is 32.4 Å². The zero-order valence-electron chi connectivity index (χ0n) is 8.63. The van der Waals surface area contributed by atoms with Gasteiger partial charge in [0.05, 0.1) is 18.9 Å². The van der Waals surface area contributed by atoms with Crippen molar-refractivity contribution in [1.29, 1.82) is 0 Å². The summed E-state index contributed by atoms with van der Waals surface area (Å²) in [6.45, 7) is 5.15. The molecule has 80 valence electrons. The molecule has 2 unspecified atom stereocenters. The summed E-state index contributed by atoms with van der Waals surface area (Å²) < 4.78 is 6.87. The van der Waals surface area contributed by atoms with Crippen molar-refractivity contribution in [2.75, 3.05) is 13.2 Å². The van der Waals surface area contributed by atoms with E-state index in [1.54, 1.807) is 17.1 Å². The van der Waals surface area contributed by atoms with Gasteiger partial charge >= 0.3 is 0 Å². The van der Waals surface area contributed by atoms with Crippen LogP contribution in [0.4, 0.5) is 0 Å². The second kappa shape index (κ2) is 5.72. The summed E-state index contributed by atoms with van der Waals surface area (Å²) >= 11 is 0. The molecular weight excluding hydrogens is 182 g/mol. The highest BCUT2D eigenvalue weighted by molar-refractivity contribution is 4.80. The van der Waals surface area contributed by atoms with Gasteiger partial charge in [0.15, 0.2) is 0 Å². The minimum Gasteiger partial charge on any atom is -0.391 e. The molecule has 5 heteroatoms. The monoisotopic (exact) mass is 199 g/mol. The Kier molecular flexibility index (Phi) is 4.55. The second-order valence-corrected chi connectivity index (χ2v) is 2.88. The summed E-state index contributed by atoms with van der Waals surface area (Å²) in [6.07, 6.45) is 3.65. The van der Waals surface area contributed by atoms with Crippen LogP contribution >= 0.6 is 0 Å². The van der Waals surface area contributed by atoms with Crippen LogP contribution in [0.5, 0.6) is 0 Å². The lowest BCUT2D eigenvalue weighted by molar-refractivity contribution is -0.0335. The first-order valence-electron chi connectivity index (χ1n) is 4.99. The number of hydrogen-bond acceptors (Lipinski definition) is 4. The fourth-order valence-electron chi connectivity index (χ4n) is 1.36. The molecule has 1 aliphatic heterocycles. The highest BCUT2D eigenvalue weighted by Gasteiger charge is 2.25. The molecule has 1 saturated heterocycles. The predicted octanol–water partition coefficient (Wildman–Crippen LogP) is 0.627. The fraction of sp³-hybridized carbons (Fsp3) is 0.778. The number of aromatic nitrogens is 3. The summed E-state index contributed by atoms with van der Waals surface area (Å²) in [7, 11) is 0. The minimum atomic E-state index is -0.361. The molecule has 1 aromatic rings. The van der Waals surface area contributed by atoms with Gasteiger partial charge < -0.3 is 9.84 Å². The fourth-order valence-corrected chi connectivity index (χ4v) is 1.36. The molecule has 1 aliphatic rings. The second-order valence-electron chi connectivity index (χ2n) is 2.88. The SMILES string of the molecule is CC.OC1CCOCC1n1ccnn1. The zero-order chi connectivity index (χ0) is 10.4. The molecule has 0 aliphatic carbocycles. The third-order valence-electron chi connectivity index (χ3n) is 2.07. The van der Waals surface area contributed by atoms with E-state index in [1.165, 1.54) is 0 Å². The first kappa shape index (κ1) is 11.1. The van der Waals surface area contributed by atoms with Crippen molar-refractivity contribution >= 4 is 0 Å². The molecule has 0 aromatic carbocycles. The lowest BCUT2D eigenvalue weighted by Crippen LogP contribution is -2.34. The maximum Gasteiger partial charge on any atom is 0.103 e. The average molecular weight is 199 g/mol. The average Bonchev–Trinajstić information content (AvgIpc) is 2.75. The van der Waals surface area contributed by atoms with E-state index in [1.807, 2.05) is 13.8 Å². The Morgan fingerprint density at radius 2 is 2.29 bits per heavy atom. The van der Waals surface area contributed by atoms with Crippen LogP contribution in [0, 0.1) is 0 Å². The lowest BCUT2D eigenvalue weighted by atomic mass is 10.1. The maximum atomic E-state index is 9.57. The molecular formula is C9H17N3O2. The van der Waals surface area contributed by atoms with E-state index in [9.17, 15) is 5.11 Å². The number of hydrogen-bond donors (Lipinski definition) is 1. The van der Waals surface area contributed by atoms with Crippen LogP contribution in [-0.4, -0.2) is 39.4 Å². The van der Waals surface area contributed by atoms with Gasteiger partial charge in [-0.15, -0.1) is 5.10 Å². The largest absolute Gasteiger partial charge is 0.391 e. The minimum absolute atomic E-state index is 0.0683. The first-order valence-corrected chi connectivity index (χ1v) is 4.99. The van der Waals surface area contributed by atoms with E-state index in [0.717, 1.165) is 0 Å². The third kappa shape index (κ3) is 2.52. The van der Waals surface area contributed by atoms with Gasteiger partial charge in [0.1, 0.15) is 6.04 Å². The molecule has 2 heterocycles. The lowest BCUT2D eigenvalue weighted by Gasteiger charge is -2.27. The number of aliphatic hydroxyl groups is 1. The van der Waals surface area contributed by atoms with E-state index in [0.29, 0.717) is 19.6 Å². The van der Waals surface area contributed by atoms with Crippen LogP contribution in [0.2, 0.25) is 0 Å². The molecule has 2 rings (SSSR count). The van der Waals surface area contributed by atoms with Gasteiger partial charge in [-0.25, -0.2) is 4.68 Å². The maximum absolute atomic E-state index is 9.57. The smallest absolute Gasteiger partial charge is 0.103 e. The van der Waals surface area contributed by atoms with Gasteiger partial charge in [0, 0.05) is 12.8 Å². The summed E-state index contributed by atoms with van der Waals surface area (Å²) in [6, 6.07) is -0.0683. The summed E-state index contributed by atoms with van der Waals surface area (Å²) in [5.41, 5.74) is 0. The van der Waals surface area contributed by atoms with Crippen molar-refractivity contribution in [3.05, 3.63) is 12.4 Å². The van der Waals surface area contributed by atoms with Gasteiger partial charge in [0.2, 0.25) is 0 Å². The van der Waals surface area contributed by atoms with Crippen LogP contribution in [0.25, 0.3) is 0 Å². The van der Waals surface area contributed by atoms with Crippen molar-refractivity contribution in [1.82, 2.24) is 15.0 Å². The Labute approximate surface area is 83.7 Å². The molecule has 0 amide bonds. The molecule has 0 spiro atoms. The molecule has 1 N–H and O–H groups in total. The number of rotatable bonds is 1. The molecule has 2 atom stereocenters. The number of nitrogens with zero attached hydrogens (tertiary/aromatic N) is 3. The van der Waals surface area contributed by atoms with Crippen LogP contribution in [0.3, 0.4) is 0 Å². The Hall–Kier alpha value is -0.940. The van der Waals surface area contributed by atoms with Crippen LogP contribution in [-0.2, 0) is 4.74 Å². The van der Waals surface area contributed by atoms with Gasteiger partial charge in [-0.3, -0.25) is 0 Å². The third-order valence-corrected chi connectivity index (χ3v) is 2.07. The molecule has 0 radical (unpaired) electrons. The van der Waals surface area contributed by atoms with Crippen molar-refractivity contribution in [2.24, 2.45) is 0 Å². The highest BCUT2D eigenvalue weighted by atomic mass is 16.5. The van der Waals surface area contributed by atoms with Crippen LogP contribution in [0.15, 0.2) is 12.4 Å². The van der Waals surface area contributed by atoms with Crippen LogP contribution < -0.4 is 0 Å². The van der Waals surface area contributed by atoms with E-state index in [2.05, 4.69) is 10.3 Å². The predicted molar refractivity (Wildman–Crippen MR) is 51.8 cm³/mol.